The summed E-state index contributed by atoms with van der Waals surface area (Å²) in [5, 5.41) is 2.91. The fraction of sp³-hybridized carbons (Fsp3) is 0.462. The Hall–Kier alpha value is -3.03. The zero-order valence-corrected chi connectivity index (χ0v) is 19.3. The zero-order chi connectivity index (χ0) is 24.5. The summed E-state index contributed by atoms with van der Waals surface area (Å²) in [6, 6.07) is 1.18. The molecule has 0 bridgehead atoms. The molecule has 0 radical (unpaired) electrons. The molecule has 0 saturated carbocycles. The first-order valence-corrected chi connectivity index (χ1v) is 11.6. The van der Waals surface area contributed by atoms with Crippen molar-refractivity contribution in [2.45, 2.75) is 51.7 Å². The molecular formula is C26H29F3N2O3. The topological polar surface area (TPSA) is 62.6 Å². The van der Waals surface area contributed by atoms with Gasteiger partial charge in [-0.3, -0.25) is 9.59 Å². The van der Waals surface area contributed by atoms with Crippen LogP contribution in [0.4, 0.5) is 13.2 Å². The average Bonchev–Trinajstić information content (AvgIpc) is 3.45. The predicted molar refractivity (Wildman–Crippen MR) is 122 cm³/mol. The molecule has 0 spiro atoms. The van der Waals surface area contributed by atoms with E-state index < -0.39 is 23.7 Å². The molecule has 8 heteroatoms. The summed E-state index contributed by atoms with van der Waals surface area (Å²) < 4.78 is 47.4. The number of hydrogen-bond donors (Lipinski definition) is 1. The van der Waals surface area contributed by atoms with Crippen molar-refractivity contribution in [2.24, 2.45) is 11.8 Å². The van der Waals surface area contributed by atoms with E-state index in [9.17, 15) is 22.8 Å². The summed E-state index contributed by atoms with van der Waals surface area (Å²) in [7, 11) is 0. The second-order valence-corrected chi connectivity index (χ2v) is 9.15. The van der Waals surface area contributed by atoms with E-state index in [1.807, 2.05) is 19.1 Å². The van der Waals surface area contributed by atoms with Crippen LogP contribution in [0.15, 0.2) is 64.0 Å². The van der Waals surface area contributed by atoms with Crippen molar-refractivity contribution in [1.82, 2.24) is 10.2 Å². The Morgan fingerprint density at radius 2 is 2.03 bits per heavy atom. The summed E-state index contributed by atoms with van der Waals surface area (Å²) in [5.74, 6) is -0.986. The number of amides is 2. The lowest BCUT2D eigenvalue weighted by molar-refractivity contribution is -0.136. The first kappa shape index (κ1) is 24.1. The predicted octanol–water partition coefficient (Wildman–Crippen LogP) is 5.19. The standard InChI is InChI=1S/C26H29F3N2O3/c1-16-11-22-19(12-21(16)14-30-25(33)24-7-4-9-31(24)17(2)32)6-3-5-18(20-8-10-34-15-20)13-23(22)26(27,28)29/h5,8,10-13,15-16,19,24H,3-4,6-7,9,14H2,1-2H3,(H,30,33). The number of allylic oxidation sites excluding steroid dienone is 7. The fourth-order valence-electron chi connectivity index (χ4n) is 5.06. The molecule has 4 rings (SSSR count). The maximum Gasteiger partial charge on any atom is 0.416 e. The second-order valence-electron chi connectivity index (χ2n) is 9.15. The van der Waals surface area contributed by atoms with E-state index in [2.05, 4.69) is 5.32 Å². The highest BCUT2D eigenvalue weighted by molar-refractivity contribution is 5.87. The number of furan rings is 1. The number of nitrogens with zero attached hydrogens (tertiary/aromatic N) is 1. The van der Waals surface area contributed by atoms with Crippen LogP contribution in [0.25, 0.3) is 5.57 Å². The molecule has 5 nitrogen and oxygen atoms in total. The van der Waals surface area contributed by atoms with E-state index in [0.29, 0.717) is 36.9 Å². The van der Waals surface area contributed by atoms with Crippen LogP contribution in [0, 0.1) is 11.8 Å². The van der Waals surface area contributed by atoms with Crippen molar-refractivity contribution < 1.29 is 27.2 Å². The van der Waals surface area contributed by atoms with Crippen LogP contribution in [0.3, 0.4) is 0 Å². The number of rotatable bonds is 4. The van der Waals surface area contributed by atoms with Crippen molar-refractivity contribution in [3.63, 3.8) is 0 Å². The minimum Gasteiger partial charge on any atom is -0.472 e. The molecule has 3 unspecified atom stereocenters. The van der Waals surface area contributed by atoms with Gasteiger partial charge in [0.25, 0.3) is 0 Å². The minimum absolute atomic E-state index is 0.126. The summed E-state index contributed by atoms with van der Waals surface area (Å²) in [6.07, 6.45) is 7.55. The molecule has 2 amide bonds. The van der Waals surface area contributed by atoms with E-state index >= 15 is 0 Å². The normalized spacial score (nSPS) is 25.3. The molecule has 1 aliphatic heterocycles. The highest BCUT2D eigenvalue weighted by Crippen LogP contribution is 2.43. The number of fused-ring (bicyclic) bond motifs is 1. The first-order chi connectivity index (χ1) is 16.1. The Labute approximate surface area is 197 Å². The third-order valence-corrected chi connectivity index (χ3v) is 6.87. The number of nitrogens with one attached hydrogen (secondary N) is 1. The van der Waals surface area contributed by atoms with Gasteiger partial charge in [0.15, 0.2) is 0 Å². The maximum absolute atomic E-state index is 14.1. The van der Waals surface area contributed by atoms with Gasteiger partial charge in [0, 0.05) is 31.5 Å². The van der Waals surface area contributed by atoms with Crippen molar-refractivity contribution >= 4 is 17.4 Å². The number of likely N-dealkylation sites (tertiary alicyclic amines) is 1. The molecule has 1 aromatic heterocycles. The minimum atomic E-state index is -4.50. The molecule has 1 fully saturated rings. The Kier molecular flexibility index (Phi) is 6.86. The van der Waals surface area contributed by atoms with Crippen LogP contribution in [0.5, 0.6) is 0 Å². The molecular weight excluding hydrogens is 445 g/mol. The van der Waals surface area contributed by atoms with Gasteiger partial charge >= 0.3 is 6.18 Å². The van der Waals surface area contributed by atoms with E-state index in [1.54, 1.807) is 17.0 Å². The molecule has 182 valence electrons. The van der Waals surface area contributed by atoms with Crippen LogP contribution in [0.1, 0.15) is 45.1 Å². The van der Waals surface area contributed by atoms with Gasteiger partial charge in [0.1, 0.15) is 6.04 Å². The van der Waals surface area contributed by atoms with Crippen LogP contribution < -0.4 is 5.32 Å². The fourth-order valence-corrected chi connectivity index (χ4v) is 5.06. The second kappa shape index (κ2) is 9.68. The smallest absolute Gasteiger partial charge is 0.416 e. The van der Waals surface area contributed by atoms with E-state index in [0.717, 1.165) is 12.0 Å². The van der Waals surface area contributed by atoms with Crippen LogP contribution in [0.2, 0.25) is 0 Å². The lowest BCUT2D eigenvalue weighted by Gasteiger charge is -2.31. The molecule has 3 aliphatic rings. The van der Waals surface area contributed by atoms with Gasteiger partial charge in [-0.15, -0.1) is 0 Å². The average molecular weight is 475 g/mol. The van der Waals surface area contributed by atoms with Gasteiger partial charge in [0.2, 0.25) is 11.8 Å². The third-order valence-electron chi connectivity index (χ3n) is 6.87. The van der Waals surface area contributed by atoms with Crippen molar-refractivity contribution in [2.75, 3.05) is 13.1 Å². The number of halogens is 3. The van der Waals surface area contributed by atoms with Crippen molar-refractivity contribution in [3.8, 4) is 0 Å². The van der Waals surface area contributed by atoms with Gasteiger partial charge in [0.05, 0.1) is 18.1 Å². The number of alkyl halides is 3. The summed E-state index contributed by atoms with van der Waals surface area (Å²) >= 11 is 0. The maximum atomic E-state index is 14.1. The zero-order valence-electron chi connectivity index (χ0n) is 19.3. The quantitative estimate of drug-likeness (QED) is 0.611. The van der Waals surface area contributed by atoms with Gasteiger partial charge in [-0.2, -0.15) is 13.2 Å². The van der Waals surface area contributed by atoms with Crippen LogP contribution >= 0.6 is 0 Å². The highest BCUT2D eigenvalue weighted by Gasteiger charge is 2.40. The Bertz CT molecular complexity index is 1060. The lowest BCUT2D eigenvalue weighted by atomic mass is 9.76. The Morgan fingerprint density at radius 3 is 2.71 bits per heavy atom. The van der Waals surface area contributed by atoms with Crippen molar-refractivity contribution in [3.05, 3.63) is 65.2 Å². The monoisotopic (exact) mass is 474 g/mol. The molecule has 3 atom stereocenters. The van der Waals surface area contributed by atoms with Crippen LogP contribution in [-0.2, 0) is 9.59 Å². The van der Waals surface area contributed by atoms with E-state index in [1.165, 1.54) is 25.5 Å². The highest BCUT2D eigenvalue weighted by atomic mass is 19.4. The summed E-state index contributed by atoms with van der Waals surface area (Å²) in [6.45, 7) is 4.12. The van der Waals surface area contributed by atoms with E-state index in [4.69, 9.17) is 4.42 Å². The molecule has 34 heavy (non-hydrogen) atoms. The third kappa shape index (κ3) is 5.05. The Morgan fingerprint density at radius 1 is 1.24 bits per heavy atom. The van der Waals surface area contributed by atoms with Gasteiger partial charge in [-0.25, -0.2) is 0 Å². The summed E-state index contributed by atoms with van der Waals surface area (Å²) in [4.78, 5) is 26.0. The number of carbonyl (C=O) groups excluding carboxylic acids is 2. The lowest BCUT2D eigenvalue weighted by Crippen LogP contribution is -2.45. The van der Waals surface area contributed by atoms with Crippen LogP contribution in [-0.4, -0.2) is 42.0 Å². The molecule has 2 heterocycles. The molecule has 1 aromatic rings. The largest absolute Gasteiger partial charge is 0.472 e. The molecule has 1 saturated heterocycles. The molecule has 1 N–H and O–H groups in total. The molecule has 0 aromatic carbocycles. The SMILES string of the molecule is CC(=O)N1CCCC1C(=O)NCC1=CC2CCC=C(c3ccoc3)C=C(C(F)(F)F)C2=CC1C. The molecule has 2 aliphatic carbocycles. The van der Waals surface area contributed by atoms with Gasteiger partial charge in [-0.1, -0.05) is 25.2 Å². The number of carbonyl (C=O) groups is 2. The van der Waals surface area contributed by atoms with Gasteiger partial charge in [-0.05, 0) is 60.5 Å². The van der Waals surface area contributed by atoms with Gasteiger partial charge < -0.3 is 14.6 Å². The van der Waals surface area contributed by atoms with Crippen molar-refractivity contribution in [1.29, 1.82) is 0 Å². The van der Waals surface area contributed by atoms with E-state index in [-0.39, 0.29) is 29.9 Å². The summed E-state index contributed by atoms with van der Waals surface area (Å²) in [5.41, 5.74) is 1.65. The number of hydrogen-bond acceptors (Lipinski definition) is 3. The Balaban J connectivity index is 1.53. The first-order valence-electron chi connectivity index (χ1n) is 11.6.